The number of aryl methyl sites for hydroxylation is 2. The maximum Gasteiger partial charge on any atom is 0.248 e. The second-order valence-electron chi connectivity index (χ2n) is 4.87. The van der Waals surface area contributed by atoms with E-state index in [2.05, 4.69) is 32.0 Å². The first-order valence-corrected chi connectivity index (χ1v) is 6.25. The Hall–Kier alpha value is -1.39. The van der Waals surface area contributed by atoms with Crippen LogP contribution in [0.1, 0.15) is 16.7 Å². The summed E-state index contributed by atoms with van der Waals surface area (Å²) in [5.41, 5.74) is 9.24. The molecule has 1 heterocycles. The quantitative estimate of drug-likeness (QED) is 0.868. The Balaban J connectivity index is 2.09. The molecule has 1 fully saturated rings. The van der Waals surface area contributed by atoms with Gasteiger partial charge in [-0.2, -0.15) is 0 Å². The first-order valence-electron chi connectivity index (χ1n) is 6.25. The van der Waals surface area contributed by atoms with Crippen molar-refractivity contribution in [3.05, 3.63) is 34.9 Å². The standard InChI is InChI=1S/C14H20N2O2/c1-10-3-4-12(11(2)5-10)7-16-8-13(6-15)18-9-14(16)17/h3-5,13H,6-9,15H2,1-2H3. The summed E-state index contributed by atoms with van der Waals surface area (Å²) in [4.78, 5) is 13.6. The van der Waals surface area contributed by atoms with E-state index in [0.717, 1.165) is 0 Å². The normalized spacial score (nSPS) is 20.3. The van der Waals surface area contributed by atoms with Crippen LogP contribution in [-0.4, -0.2) is 36.6 Å². The molecule has 0 radical (unpaired) electrons. The highest BCUT2D eigenvalue weighted by atomic mass is 16.5. The van der Waals surface area contributed by atoms with E-state index in [1.54, 1.807) is 0 Å². The SMILES string of the molecule is Cc1ccc(CN2CC(CN)OCC2=O)c(C)c1. The molecular formula is C14H20N2O2. The smallest absolute Gasteiger partial charge is 0.248 e. The highest BCUT2D eigenvalue weighted by Gasteiger charge is 2.25. The van der Waals surface area contributed by atoms with Crippen LogP contribution in [0.25, 0.3) is 0 Å². The summed E-state index contributed by atoms with van der Waals surface area (Å²) in [5, 5.41) is 0. The molecule has 0 spiro atoms. The van der Waals surface area contributed by atoms with Gasteiger partial charge in [-0.25, -0.2) is 0 Å². The zero-order chi connectivity index (χ0) is 13.1. The third-order valence-corrected chi connectivity index (χ3v) is 3.34. The van der Waals surface area contributed by atoms with Crippen molar-refractivity contribution >= 4 is 5.91 Å². The maximum atomic E-state index is 11.8. The van der Waals surface area contributed by atoms with E-state index < -0.39 is 0 Å². The number of rotatable bonds is 3. The van der Waals surface area contributed by atoms with Crippen molar-refractivity contribution in [2.24, 2.45) is 5.73 Å². The van der Waals surface area contributed by atoms with Gasteiger partial charge in [-0.05, 0) is 25.0 Å². The Labute approximate surface area is 108 Å². The summed E-state index contributed by atoms with van der Waals surface area (Å²) in [6.45, 7) is 5.98. The minimum Gasteiger partial charge on any atom is -0.365 e. The molecule has 4 nitrogen and oxygen atoms in total. The number of carbonyl (C=O) groups is 1. The van der Waals surface area contributed by atoms with E-state index in [4.69, 9.17) is 10.5 Å². The Morgan fingerprint density at radius 1 is 1.44 bits per heavy atom. The Morgan fingerprint density at radius 2 is 2.22 bits per heavy atom. The molecule has 18 heavy (non-hydrogen) atoms. The summed E-state index contributed by atoms with van der Waals surface area (Å²) in [6.07, 6.45) is -0.0338. The molecule has 0 saturated carbocycles. The number of ether oxygens (including phenoxy) is 1. The minimum absolute atomic E-state index is 0.0338. The van der Waals surface area contributed by atoms with Gasteiger partial charge >= 0.3 is 0 Å². The van der Waals surface area contributed by atoms with E-state index in [9.17, 15) is 4.79 Å². The number of carbonyl (C=O) groups excluding carboxylic acids is 1. The van der Waals surface area contributed by atoms with Gasteiger partial charge in [0.25, 0.3) is 0 Å². The zero-order valence-electron chi connectivity index (χ0n) is 11.0. The fourth-order valence-electron chi connectivity index (χ4n) is 2.20. The van der Waals surface area contributed by atoms with Crippen LogP contribution >= 0.6 is 0 Å². The maximum absolute atomic E-state index is 11.8. The lowest BCUT2D eigenvalue weighted by molar-refractivity contribution is -0.149. The van der Waals surface area contributed by atoms with E-state index in [0.29, 0.717) is 19.6 Å². The molecule has 2 N–H and O–H groups in total. The van der Waals surface area contributed by atoms with Gasteiger partial charge in [-0.1, -0.05) is 23.8 Å². The van der Waals surface area contributed by atoms with Gasteiger partial charge in [0.1, 0.15) is 6.61 Å². The fourth-order valence-corrected chi connectivity index (χ4v) is 2.20. The number of morpholine rings is 1. The van der Waals surface area contributed by atoms with Crippen molar-refractivity contribution in [2.45, 2.75) is 26.5 Å². The van der Waals surface area contributed by atoms with Crippen molar-refractivity contribution in [3.63, 3.8) is 0 Å². The average Bonchev–Trinajstić information content (AvgIpc) is 2.35. The van der Waals surface area contributed by atoms with Crippen LogP contribution < -0.4 is 5.73 Å². The molecule has 4 heteroatoms. The van der Waals surface area contributed by atoms with Crippen LogP contribution in [-0.2, 0) is 16.1 Å². The van der Waals surface area contributed by atoms with Gasteiger partial charge in [0.15, 0.2) is 0 Å². The largest absolute Gasteiger partial charge is 0.365 e. The van der Waals surface area contributed by atoms with Gasteiger partial charge in [-0.3, -0.25) is 4.79 Å². The van der Waals surface area contributed by atoms with E-state index in [1.165, 1.54) is 16.7 Å². The lowest BCUT2D eigenvalue weighted by Crippen LogP contribution is -2.48. The monoisotopic (exact) mass is 248 g/mol. The molecule has 1 aliphatic rings. The van der Waals surface area contributed by atoms with Crippen LogP contribution in [0.5, 0.6) is 0 Å². The fraction of sp³-hybridized carbons (Fsp3) is 0.500. The summed E-state index contributed by atoms with van der Waals surface area (Å²) in [7, 11) is 0. The minimum atomic E-state index is -0.0338. The molecule has 1 saturated heterocycles. The molecule has 98 valence electrons. The summed E-state index contributed by atoms with van der Waals surface area (Å²) in [6, 6.07) is 6.30. The van der Waals surface area contributed by atoms with Crippen molar-refractivity contribution in [1.82, 2.24) is 4.90 Å². The average molecular weight is 248 g/mol. The van der Waals surface area contributed by atoms with Crippen molar-refractivity contribution < 1.29 is 9.53 Å². The molecule has 1 atom stereocenters. The zero-order valence-corrected chi connectivity index (χ0v) is 11.0. The second-order valence-corrected chi connectivity index (χ2v) is 4.87. The first-order chi connectivity index (χ1) is 8.60. The Kier molecular flexibility index (Phi) is 3.99. The molecule has 1 amide bonds. The number of amides is 1. The number of hydrogen-bond donors (Lipinski definition) is 1. The van der Waals surface area contributed by atoms with Gasteiger partial charge in [-0.15, -0.1) is 0 Å². The van der Waals surface area contributed by atoms with Crippen molar-refractivity contribution in [3.8, 4) is 0 Å². The molecule has 1 aliphatic heterocycles. The van der Waals surface area contributed by atoms with Crippen molar-refractivity contribution in [2.75, 3.05) is 19.7 Å². The topological polar surface area (TPSA) is 55.6 Å². The Morgan fingerprint density at radius 3 is 2.89 bits per heavy atom. The highest BCUT2D eigenvalue weighted by Crippen LogP contribution is 2.15. The van der Waals surface area contributed by atoms with Gasteiger partial charge in [0, 0.05) is 19.6 Å². The van der Waals surface area contributed by atoms with Gasteiger partial charge < -0.3 is 15.4 Å². The molecule has 0 aliphatic carbocycles. The number of hydrogen-bond acceptors (Lipinski definition) is 3. The van der Waals surface area contributed by atoms with Crippen LogP contribution in [0.2, 0.25) is 0 Å². The van der Waals surface area contributed by atoms with Gasteiger partial charge in [0.2, 0.25) is 5.91 Å². The van der Waals surface area contributed by atoms with Crippen LogP contribution in [0.15, 0.2) is 18.2 Å². The first kappa shape index (κ1) is 13.1. The molecular weight excluding hydrogens is 228 g/mol. The molecule has 1 aromatic carbocycles. The lowest BCUT2D eigenvalue weighted by Gasteiger charge is -2.32. The summed E-state index contributed by atoms with van der Waals surface area (Å²) >= 11 is 0. The summed E-state index contributed by atoms with van der Waals surface area (Å²) in [5.74, 6) is 0.0414. The number of nitrogens with zero attached hydrogens (tertiary/aromatic N) is 1. The van der Waals surface area contributed by atoms with Crippen molar-refractivity contribution in [1.29, 1.82) is 0 Å². The van der Waals surface area contributed by atoms with Crippen LogP contribution in [0.4, 0.5) is 0 Å². The van der Waals surface area contributed by atoms with Gasteiger partial charge in [0.05, 0.1) is 6.10 Å². The second kappa shape index (κ2) is 5.50. The number of benzene rings is 1. The van der Waals surface area contributed by atoms with E-state index in [-0.39, 0.29) is 18.6 Å². The molecule has 1 aromatic rings. The van der Waals surface area contributed by atoms with E-state index in [1.807, 2.05) is 4.90 Å². The molecule has 0 aromatic heterocycles. The van der Waals surface area contributed by atoms with E-state index >= 15 is 0 Å². The predicted octanol–water partition coefficient (Wildman–Crippen LogP) is 0.990. The van der Waals surface area contributed by atoms with Crippen LogP contribution in [0, 0.1) is 13.8 Å². The third-order valence-electron chi connectivity index (χ3n) is 3.34. The Bertz CT molecular complexity index is 445. The molecule has 1 unspecified atom stereocenters. The predicted molar refractivity (Wildman–Crippen MR) is 70.1 cm³/mol. The lowest BCUT2D eigenvalue weighted by atomic mass is 10.0. The number of nitrogens with two attached hydrogens (primary N) is 1. The van der Waals surface area contributed by atoms with Crippen LogP contribution in [0.3, 0.4) is 0 Å². The third kappa shape index (κ3) is 2.89. The molecule has 0 bridgehead atoms. The summed E-state index contributed by atoms with van der Waals surface area (Å²) < 4.78 is 5.34. The molecule has 2 rings (SSSR count). The highest BCUT2D eigenvalue weighted by molar-refractivity contribution is 5.78.